The summed E-state index contributed by atoms with van der Waals surface area (Å²) in [6.07, 6.45) is 7.66. The Kier molecular flexibility index (Phi) is 5.52. The van der Waals surface area contributed by atoms with Crippen LogP contribution in [0.25, 0.3) is 0 Å². The summed E-state index contributed by atoms with van der Waals surface area (Å²) in [4.78, 5) is 15.9. The van der Waals surface area contributed by atoms with E-state index >= 15 is 0 Å². The first-order valence-corrected chi connectivity index (χ1v) is 12.7. The normalized spacial score (nSPS) is 29.2. The van der Waals surface area contributed by atoms with Gasteiger partial charge in [-0.1, -0.05) is 35.2 Å². The molecule has 160 valence electrons. The van der Waals surface area contributed by atoms with Crippen molar-refractivity contribution in [3.63, 3.8) is 0 Å². The van der Waals surface area contributed by atoms with Crippen molar-refractivity contribution in [3.8, 4) is 5.75 Å². The Morgan fingerprint density at radius 2 is 1.90 bits per heavy atom. The number of benzene rings is 1. The highest BCUT2D eigenvalue weighted by Gasteiger charge is 2.54. The zero-order valence-corrected chi connectivity index (χ0v) is 19.3. The van der Waals surface area contributed by atoms with Crippen molar-refractivity contribution in [2.75, 3.05) is 12.9 Å². The number of hydrogen-bond donors (Lipinski definition) is 0. The van der Waals surface area contributed by atoms with Crippen molar-refractivity contribution in [3.05, 3.63) is 34.8 Å². The summed E-state index contributed by atoms with van der Waals surface area (Å²) >= 11 is 3.09. The first-order valence-electron chi connectivity index (χ1n) is 10.9. The molecule has 4 fully saturated rings. The standard InChI is InChI=1S/C23H29N3O2S2/c1-15-24-25-22(30-15)29-14-21(27)26(13-16-4-3-5-20(9-16)28-2)23-10-17-6-18(11-23)8-19(7-17)12-23/h3-5,9,17-19H,6-8,10-14H2,1-2H3. The van der Waals surface area contributed by atoms with Gasteiger partial charge in [0.15, 0.2) is 4.34 Å². The molecule has 0 saturated heterocycles. The van der Waals surface area contributed by atoms with Gasteiger partial charge in [-0.2, -0.15) is 0 Å². The highest BCUT2D eigenvalue weighted by Crippen LogP contribution is 2.58. The van der Waals surface area contributed by atoms with Crippen LogP contribution >= 0.6 is 23.1 Å². The molecule has 1 aromatic heterocycles. The monoisotopic (exact) mass is 443 g/mol. The lowest BCUT2D eigenvalue weighted by atomic mass is 9.52. The van der Waals surface area contributed by atoms with E-state index in [2.05, 4.69) is 27.2 Å². The minimum absolute atomic E-state index is 0.0342. The second-order valence-electron chi connectivity index (χ2n) is 9.35. The number of rotatable bonds is 7. The third kappa shape index (κ3) is 3.98. The Morgan fingerprint density at radius 1 is 1.20 bits per heavy atom. The van der Waals surface area contributed by atoms with E-state index in [-0.39, 0.29) is 11.4 Å². The van der Waals surface area contributed by atoms with Crippen molar-refractivity contribution in [1.29, 1.82) is 0 Å². The van der Waals surface area contributed by atoms with Crippen molar-refractivity contribution in [2.45, 2.75) is 61.9 Å². The molecule has 0 radical (unpaired) electrons. The van der Waals surface area contributed by atoms with Crippen LogP contribution in [-0.4, -0.2) is 39.4 Å². The number of carbonyl (C=O) groups excluding carboxylic acids is 1. The van der Waals surface area contributed by atoms with Crippen LogP contribution in [0.5, 0.6) is 5.75 Å². The average molecular weight is 444 g/mol. The van der Waals surface area contributed by atoms with Crippen molar-refractivity contribution >= 4 is 29.0 Å². The quantitative estimate of drug-likeness (QED) is 0.567. The predicted molar refractivity (Wildman–Crippen MR) is 120 cm³/mol. The molecule has 6 rings (SSSR count). The van der Waals surface area contributed by atoms with Gasteiger partial charge in [0, 0.05) is 12.1 Å². The Bertz CT molecular complexity index is 893. The molecule has 0 N–H and O–H groups in total. The fourth-order valence-corrected chi connectivity index (χ4v) is 8.10. The maximum atomic E-state index is 13.6. The van der Waals surface area contributed by atoms with Crippen LogP contribution in [0.2, 0.25) is 0 Å². The zero-order valence-electron chi connectivity index (χ0n) is 17.7. The predicted octanol–water partition coefficient (Wildman–Crippen LogP) is 4.94. The van der Waals surface area contributed by atoms with Crippen LogP contribution in [0.4, 0.5) is 0 Å². The fourth-order valence-electron chi connectivity index (χ4n) is 6.41. The second kappa shape index (κ2) is 8.15. The van der Waals surface area contributed by atoms with E-state index in [1.165, 1.54) is 50.3 Å². The molecule has 30 heavy (non-hydrogen) atoms. The molecule has 1 heterocycles. The summed E-state index contributed by atoms with van der Waals surface area (Å²) in [5.74, 6) is 3.92. The molecule has 4 aliphatic rings. The number of nitrogens with zero attached hydrogens (tertiary/aromatic N) is 3. The molecule has 0 atom stereocenters. The van der Waals surface area contributed by atoms with E-state index in [9.17, 15) is 4.79 Å². The summed E-state index contributed by atoms with van der Waals surface area (Å²) in [6, 6.07) is 8.18. The van der Waals surface area contributed by atoms with Crippen LogP contribution in [0.15, 0.2) is 28.6 Å². The lowest BCUT2D eigenvalue weighted by molar-refractivity contribution is -0.149. The lowest BCUT2D eigenvalue weighted by Gasteiger charge is -2.60. The summed E-state index contributed by atoms with van der Waals surface area (Å²) in [5.41, 5.74) is 1.18. The SMILES string of the molecule is COc1cccc(CN(C(=O)CSc2nnc(C)s2)C23CC4CC(CC(C4)C2)C3)c1. The van der Waals surface area contributed by atoms with E-state index in [0.29, 0.717) is 12.3 Å². The summed E-state index contributed by atoms with van der Waals surface area (Å²) in [7, 11) is 1.70. The Hall–Kier alpha value is -1.60. The molecule has 4 aliphatic carbocycles. The Morgan fingerprint density at radius 3 is 2.50 bits per heavy atom. The van der Waals surface area contributed by atoms with E-state index in [0.717, 1.165) is 38.4 Å². The van der Waals surface area contributed by atoms with Gasteiger partial charge in [0.2, 0.25) is 5.91 Å². The maximum absolute atomic E-state index is 13.6. The maximum Gasteiger partial charge on any atom is 0.233 e. The minimum atomic E-state index is 0.0342. The van der Waals surface area contributed by atoms with Gasteiger partial charge in [0.1, 0.15) is 10.8 Å². The lowest BCUT2D eigenvalue weighted by Crippen LogP contribution is -2.61. The second-order valence-corrected chi connectivity index (χ2v) is 11.8. The third-order valence-electron chi connectivity index (χ3n) is 7.18. The zero-order chi connectivity index (χ0) is 20.7. The number of thioether (sulfide) groups is 1. The van der Waals surface area contributed by atoms with Gasteiger partial charge in [-0.3, -0.25) is 4.79 Å². The Balaban J connectivity index is 1.40. The molecule has 4 saturated carbocycles. The molecule has 4 bridgehead atoms. The molecule has 1 aromatic carbocycles. The number of hydrogen-bond acceptors (Lipinski definition) is 6. The fraction of sp³-hybridized carbons (Fsp3) is 0.609. The molecular formula is C23H29N3O2S2. The van der Waals surface area contributed by atoms with Crippen LogP contribution in [0.3, 0.4) is 0 Å². The number of methoxy groups -OCH3 is 1. The van der Waals surface area contributed by atoms with Crippen molar-refractivity contribution in [1.82, 2.24) is 15.1 Å². The molecule has 0 spiro atoms. The first-order chi connectivity index (χ1) is 14.5. The van der Waals surface area contributed by atoms with Crippen LogP contribution in [0, 0.1) is 24.7 Å². The summed E-state index contributed by atoms with van der Waals surface area (Å²) in [6.45, 7) is 2.62. The average Bonchev–Trinajstić information content (AvgIpc) is 3.14. The number of ether oxygens (including phenoxy) is 1. The third-order valence-corrected chi connectivity index (χ3v) is 9.14. The summed E-state index contributed by atoms with van der Waals surface area (Å²) < 4.78 is 6.31. The van der Waals surface area contributed by atoms with Gasteiger partial charge < -0.3 is 9.64 Å². The highest BCUT2D eigenvalue weighted by molar-refractivity contribution is 8.01. The molecule has 0 unspecified atom stereocenters. The molecule has 0 aliphatic heterocycles. The molecular weight excluding hydrogens is 414 g/mol. The van der Waals surface area contributed by atoms with Gasteiger partial charge >= 0.3 is 0 Å². The molecule has 2 aromatic rings. The van der Waals surface area contributed by atoms with E-state index in [1.807, 2.05) is 19.1 Å². The Labute approximate surface area is 186 Å². The van der Waals surface area contributed by atoms with Crippen molar-refractivity contribution < 1.29 is 9.53 Å². The van der Waals surface area contributed by atoms with Crippen molar-refractivity contribution in [2.24, 2.45) is 17.8 Å². The van der Waals surface area contributed by atoms with E-state index < -0.39 is 0 Å². The number of aromatic nitrogens is 2. The molecule has 5 nitrogen and oxygen atoms in total. The first kappa shape index (κ1) is 20.3. The minimum Gasteiger partial charge on any atom is -0.497 e. The van der Waals surface area contributed by atoms with Gasteiger partial charge in [-0.25, -0.2) is 0 Å². The van der Waals surface area contributed by atoms with Crippen LogP contribution in [-0.2, 0) is 11.3 Å². The molecule has 1 amide bonds. The van der Waals surface area contributed by atoms with Gasteiger partial charge in [0.05, 0.1) is 12.9 Å². The van der Waals surface area contributed by atoms with Gasteiger partial charge in [-0.15, -0.1) is 10.2 Å². The number of amides is 1. The number of aryl methyl sites for hydroxylation is 1. The van der Waals surface area contributed by atoms with Crippen LogP contribution in [0.1, 0.15) is 49.1 Å². The van der Waals surface area contributed by atoms with E-state index in [1.54, 1.807) is 18.4 Å². The smallest absolute Gasteiger partial charge is 0.233 e. The largest absolute Gasteiger partial charge is 0.497 e. The van der Waals surface area contributed by atoms with E-state index in [4.69, 9.17) is 4.74 Å². The van der Waals surface area contributed by atoms with Gasteiger partial charge in [0.25, 0.3) is 0 Å². The molecule has 7 heteroatoms. The topological polar surface area (TPSA) is 55.3 Å². The highest BCUT2D eigenvalue weighted by atomic mass is 32.2. The van der Waals surface area contributed by atoms with Gasteiger partial charge in [-0.05, 0) is 80.9 Å². The summed E-state index contributed by atoms with van der Waals surface area (Å²) in [5, 5.41) is 9.22. The number of carbonyl (C=O) groups is 1. The van der Waals surface area contributed by atoms with Crippen LogP contribution < -0.4 is 4.74 Å².